The first kappa shape index (κ1) is 17.2. The molecule has 6 heteroatoms. The fourth-order valence-corrected chi connectivity index (χ4v) is 3.31. The monoisotopic (exact) mass is 361 g/mol. The molecule has 0 saturated heterocycles. The molecule has 0 fully saturated rings. The van der Waals surface area contributed by atoms with Gasteiger partial charge in [-0.15, -0.1) is 0 Å². The van der Waals surface area contributed by atoms with Crippen LogP contribution < -0.4 is 0 Å². The van der Waals surface area contributed by atoms with E-state index in [0.29, 0.717) is 6.61 Å². The number of nitrogens with zero attached hydrogens (tertiary/aromatic N) is 2. The largest absolute Gasteiger partial charge is 0.461 e. The Labute approximate surface area is 156 Å². The van der Waals surface area contributed by atoms with E-state index in [2.05, 4.69) is 21.0 Å². The van der Waals surface area contributed by atoms with Crippen LogP contribution in [0.15, 0.2) is 48.8 Å². The molecule has 4 aromatic rings. The Balaban J connectivity index is 1.98. The van der Waals surface area contributed by atoms with Crippen LogP contribution in [0.2, 0.25) is 0 Å². The molecule has 0 aliphatic rings. The van der Waals surface area contributed by atoms with Gasteiger partial charge in [0.15, 0.2) is 5.69 Å². The minimum absolute atomic E-state index is 0.263. The molecule has 0 saturated carbocycles. The number of hydrogen-bond donors (Lipinski definition) is 1. The summed E-state index contributed by atoms with van der Waals surface area (Å²) >= 11 is 0. The third kappa shape index (κ3) is 3.04. The number of carbonyl (C=O) groups is 1. The van der Waals surface area contributed by atoms with Crippen molar-refractivity contribution in [3.8, 4) is 11.3 Å². The number of rotatable bonds is 5. The standard InChI is InChI=1S/C21H19N3O3/c1-3-27-21(25)20-15(12-26-2)19-14-10-13(16-6-4-5-9-22-16)7-8-17(14)24-18(19)11-23-20/h4-11,24H,3,12H2,1-2H3. The van der Waals surface area contributed by atoms with E-state index < -0.39 is 5.97 Å². The number of esters is 1. The predicted molar refractivity (Wildman–Crippen MR) is 104 cm³/mol. The number of ether oxygens (including phenoxy) is 2. The Kier molecular flexibility index (Phi) is 4.56. The van der Waals surface area contributed by atoms with Crippen molar-refractivity contribution in [2.45, 2.75) is 13.5 Å². The lowest BCUT2D eigenvalue weighted by atomic mass is 10.0. The molecular weight excluding hydrogens is 342 g/mol. The Morgan fingerprint density at radius 1 is 1.15 bits per heavy atom. The Morgan fingerprint density at radius 2 is 2.04 bits per heavy atom. The Hall–Kier alpha value is -3.25. The van der Waals surface area contributed by atoms with Crippen molar-refractivity contribution >= 4 is 27.8 Å². The number of aromatic amines is 1. The summed E-state index contributed by atoms with van der Waals surface area (Å²) in [6.07, 6.45) is 3.44. The van der Waals surface area contributed by atoms with Crippen molar-refractivity contribution in [2.24, 2.45) is 0 Å². The number of pyridine rings is 2. The van der Waals surface area contributed by atoms with Gasteiger partial charge in [0, 0.05) is 40.7 Å². The van der Waals surface area contributed by atoms with E-state index in [1.165, 1.54) is 0 Å². The molecule has 6 nitrogen and oxygen atoms in total. The first-order valence-electron chi connectivity index (χ1n) is 8.73. The highest BCUT2D eigenvalue weighted by Crippen LogP contribution is 2.33. The second-order valence-electron chi connectivity index (χ2n) is 6.13. The van der Waals surface area contributed by atoms with Crippen LogP contribution in [0.5, 0.6) is 0 Å². The number of benzene rings is 1. The highest BCUT2D eigenvalue weighted by molar-refractivity contribution is 6.12. The van der Waals surface area contributed by atoms with Gasteiger partial charge in [-0.3, -0.25) is 4.98 Å². The minimum atomic E-state index is -0.443. The number of carbonyl (C=O) groups excluding carboxylic acids is 1. The Bertz CT molecular complexity index is 1120. The molecule has 1 aromatic carbocycles. The maximum Gasteiger partial charge on any atom is 0.357 e. The van der Waals surface area contributed by atoms with E-state index in [0.717, 1.165) is 38.6 Å². The molecule has 27 heavy (non-hydrogen) atoms. The van der Waals surface area contributed by atoms with Gasteiger partial charge in [-0.2, -0.15) is 0 Å². The van der Waals surface area contributed by atoms with Gasteiger partial charge in [0.2, 0.25) is 0 Å². The second kappa shape index (κ2) is 7.17. The summed E-state index contributed by atoms with van der Waals surface area (Å²) in [5.74, 6) is -0.443. The fourth-order valence-electron chi connectivity index (χ4n) is 3.31. The molecule has 136 valence electrons. The second-order valence-corrected chi connectivity index (χ2v) is 6.13. The summed E-state index contributed by atoms with van der Waals surface area (Å²) in [6.45, 7) is 2.33. The normalized spacial score (nSPS) is 11.2. The SMILES string of the molecule is CCOC(=O)c1ncc2[nH]c3ccc(-c4ccccn4)cc3c2c1COC. The fraction of sp³-hybridized carbons (Fsp3) is 0.190. The molecule has 4 rings (SSSR count). The zero-order valence-electron chi connectivity index (χ0n) is 15.2. The average Bonchev–Trinajstić information content (AvgIpc) is 3.07. The molecular formula is C21H19N3O3. The first-order chi connectivity index (χ1) is 13.2. The maximum atomic E-state index is 12.4. The lowest BCUT2D eigenvalue weighted by molar-refractivity contribution is 0.0514. The van der Waals surface area contributed by atoms with Gasteiger partial charge in [0.05, 0.1) is 30.6 Å². The third-order valence-electron chi connectivity index (χ3n) is 4.46. The molecule has 0 atom stereocenters. The summed E-state index contributed by atoms with van der Waals surface area (Å²) in [7, 11) is 1.60. The number of methoxy groups -OCH3 is 1. The van der Waals surface area contributed by atoms with Gasteiger partial charge in [-0.05, 0) is 31.2 Å². The number of aromatic nitrogens is 3. The summed E-state index contributed by atoms with van der Waals surface area (Å²) in [6, 6.07) is 11.9. The van der Waals surface area contributed by atoms with Crippen molar-refractivity contribution < 1.29 is 14.3 Å². The van der Waals surface area contributed by atoms with E-state index in [9.17, 15) is 4.79 Å². The van der Waals surface area contributed by atoms with E-state index in [-0.39, 0.29) is 12.3 Å². The molecule has 0 radical (unpaired) electrons. The molecule has 1 N–H and O–H groups in total. The summed E-state index contributed by atoms with van der Waals surface area (Å²) in [4.78, 5) is 24.5. The van der Waals surface area contributed by atoms with Crippen LogP contribution in [0, 0.1) is 0 Å². The lowest BCUT2D eigenvalue weighted by Gasteiger charge is -2.09. The van der Waals surface area contributed by atoms with Gasteiger partial charge in [-0.25, -0.2) is 9.78 Å². The van der Waals surface area contributed by atoms with Crippen LogP contribution in [0.4, 0.5) is 0 Å². The number of H-pyrrole nitrogens is 1. The van der Waals surface area contributed by atoms with Crippen LogP contribution >= 0.6 is 0 Å². The van der Waals surface area contributed by atoms with Crippen molar-refractivity contribution in [1.29, 1.82) is 0 Å². The van der Waals surface area contributed by atoms with E-state index >= 15 is 0 Å². The van der Waals surface area contributed by atoms with E-state index in [4.69, 9.17) is 9.47 Å². The smallest absolute Gasteiger partial charge is 0.357 e. The average molecular weight is 361 g/mol. The highest BCUT2D eigenvalue weighted by atomic mass is 16.5. The Morgan fingerprint density at radius 3 is 2.78 bits per heavy atom. The van der Waals surface area contributed by atoms with Crippen molar-refractivity contribution in [3.05, 3.63) is 60.0 Å². The van der Waals surface area contributed by atoms with Crippen LogP contribution in [-0.4, -0.2) is 34.6 Å². The predicted octanol–water partition coefficient (Wildman–Crippen LogP) is 4.10. The highest BCUT2D eigenvalue weighted by Gasteiger charge is 2.20. The number of nitrogens with one attached hydrogen (secondary N) is 1. The van der Waals surface area contributed by atoms with Crippen molar-refractivity contribution in [1.82, 2.24) is 15.0 Å². The first-order valence-corrected chi connectivity index (χ1v) is 8.73. The zero-order valence-corrected chi connectivity index (χ0v) is 15.2. The van der Waals surface area contributed by atoms with Gasteiger partial charge < -0.3 is 14.5 Å². The zero-order chi connectivity index (χ0) is 18.8. The van der Waals surface area contributed by atoms with Crippen LogP contribution in [0.3, 0.4) is 0 Å². The summed E-state index contributed by atoms with van der Waals surface area (Å²) in [5.41, 5.74) is 4.71. The number of hydrogen-bond acceptors (Lipinski definition) is 5. The van der Waals surface area contributed by atoms with Crippen LogP contribution in [0.1, 0.15) is 23.0 Å². The quantitative estimate of drug-likeness (QED) is 0.542. The molecule has 3 heterocycles. The molecule has 0 unspecified atom stereocenters. The molecule has 0 aliphatic carbocycles. The molecule has 0 bridgehead atoms. The van der Waals surface area contributed by atoms with Crippen LogP contribution in [-0.2, 0) is 16.1 Å². The molecule has 0 spiro atoms. The third-order valence-corrected chi connectivity index (χ3v) is 4.46. The van der Waals surface area contributed by atoms with Crippen molar-refractivity contribution in [2.75, 3.05) is 13.7 Å². The number of fused-ring (bicyclic) bond motifs is 3. The van der Waals surface area contributed by atoms with E-state index in [1.807, 2.05) is 30.3 Å². The van der Waals surface area contributed by atoms with Gasteiger partial charge in [-0.1, -0.05) is 12.1 Å². The maximum absolute atomic E-state index is 12.4. The minimum Gasteiger partial charge on any atom is -0.461 e. The van der Waals surface area contributed by atoms with Gasteiger partial charge >= 0.3 is 5.97 Å². The topological polar surface area (TPSA) is 77.1 Å². The van der Waals surface area contributed by atoms with Crippen LogP contribution in [0.25, 0.3) is 33.1 Å². The molecule has 3 aromatic heterocycles. The van der Waals surface area contributed by atoms with E-state index in [1.54, 1.807) is 26.4 Å². The van der Waals surface area contributed by atoms with Gasteiger partial charge in [0.1, 0.15) is 0 Å². The molecule has 0 aliphatic heterocycles. The molecule has 0 amide bonds. The van der Waals surface area contributed by atoms with Gasteiger partial charge in [0.25, 0.3) is 0 Å². The van der Waals surface area contributed by atoms with Crippen molar-refractivity contribution in [3.63, 3.8) is 0 Å². The summed E-state index contributed by atoms with van der Waals surface area (Å²) < 4.78 is 10.5. The lowest BCUT2D eigenvalue weighted by Crippen LogP contribution is -2.11. The summed E-state index contributed by atoms with van der Waals surface area (Å²) in [5, 5.41) is 1.91.